The van der Waals surface area contributed by atoms with E-state index in [0.717, 1.165) is 17.7 Å². The van der Waals surface area contributed by atoms with E-state index < -0.39 is 0 Å². The van der Waals surface area contributed by atoms with Gasteiger partial charge in [0, 0.05) is 25.9 Å². The molecule has 0 atom stereocenters. The number of amides is 2. The van der Waals surface area contributed by atoms with Gasteiger partial charge >= 0.3 is 0 Å². The number of carbonyl (C=O) groups is 2. The zero-order valence-corrected chi connectivity index (χ0v) is 13.5. The van der Waals surface area contributed by atoms with Crippen molar-refractivity contribution in [3.05, 3.63) is 29.8 Å². The van der Waals surface area contributed by atoms with Crippen LogP contribution in [0, 0.1) is 6.92 Å². The van der Waals surface area contributed by atoms with Gasteiger partial charge in [-0.1, -0.05) is 17.7 Å². The van der Waals surface area contributed by atoms with E-state index in [1.54, 1.807) is 19.1 Å². The van der Waals surface area contributed by atoms with Crippen LogP contribution in [-0.2, 0) is 14.3 Å². The molecule has 2 amide bonds. The first-order chi connectivity index (χ1) is 10.5. The number of benzene rings is 1. The molecule has 0 saturated heterocycles. The third kappa shape index (κ3) is 7.75. The molecule has 2 N–H and O–H groups in total. The number of hydrogen-bond acceptors (Lipinski definition) is 4. The van der Waals surface area contributed by atoms with Gasteiger partial charge in [0.15, 0.2) is 0 Å². The van der Waals surface area contributed by atoms with Crippen LogP contribution in [0.15, 0.2) is 24.3 Å². The van der Waals surface area contributed by atoms with Crippen LogP contribution in [0.5, 0.6) is 0 Å². The number of rotatable bonds is 9. The van der Waals surface area contributed by atoms with E-state index in [2.05, 4.69) is 10.6 Å². The molecule has 0 aliphatic carbocycles. The zero-order valence-electron chi connectivity index (χ0n) is 13.5. The first-order valence-corrected chi connectivity index (χ1v) is 7.32. The summed E-state index contributed by atoms with van der Waals surface area (Å²) in [6, 6.07) is 7.59. The van der Waals surface area contributed by atoms with Crippen molar-refractivity contribution in [1.29, 1.82) is 0 Å². The summed E-state index contributed by atoms with van der Waals surface area (Å²) >= 11 is 0. The Morgan fingerprint density at radius 2 is 1.77 bits per heavy atom. The summed E-state index contributed by atoms with van der Waals surface area (Å²) in [7, 11) is 3.37. The molecule has 0 aliphatic heterocycles. The van der Waals surface area contributed by atoms with Crippen molar-refractivity contribution in [3.8, 4) is 0 Å². The minimum absolute atomic E-state index is 0.0956. The summed E-state index contributed by atoms with van der Waals surface area (Å²) < 4.78 is 4.91. The van der Waals surface area contributed by atoms with Gasteiger partial charge in [0.1, 0.15) is 0 Å². The first-order valence-electron chi connectivity index (χ1n) is 7.32. The Kier molecular flexibility index (Phi) is 8.17. The lowest BCUT2D eigenvalue weighted by Gasteiger charge is -2.16. The van der Waals surface area contributed by atoms with Crippen molar-refractivity contribution in [3.63, 3.8) is 0 Å². The average molecular weight is 307 g/mol. The van der Waals surface area contributed by atoms with E-state index in [1.807, 2.05) is 31.2 Å². The maximum absolute atomic E-state index is 11.9. The lowest BCUT2D eigenvalue weighted by Crippen LogP contribution is -2.39. The number of ether oxygens (including phenoxy) is 1. The number of aryl methyl sites for hydroxylation is 1. The second-order valence-electron chi connectivity index (χ2n) is 5.28. The van der Waals surface area contributed by atoms with Crippen molar-refractivity contribution in [1.82, 2.24) is 10.2 Å². The summed E-state index contributed by atoms with van der Waals surface area (Å²) in [4.78, 5) is 25.2. The molecule has 0 spiro atoms. The van der Waals surface area contributed by atoms with Gasteiger partial charge in [0.25, 0.3) is 0 Å². The van der Waals surface area contributed by atoms with E-state index in [0.29, 0.717) is 13.2 Å². The van der Waals surface area contributed by atoms with Gasteiger partial charge in [-0.25, -0.2) is 0 Å². The molecule has 0 saturated carbocycles. The minimum atomic E-state index is -0.140. The van der Waals surface area contributed by atoms with Gasteiger partial charge < -0.3 is 15.4 Å². The highest BCUT2D eigenvalue weighted by atomic mass is 16.5. The molecule has 6 heteroatoms. The number of anilines is 1. The summed E-state index contributed by atoms with van der Waals surface area (Å²) in [6.07, 6.45) is 0.778. The number of nitrogens with zero attached hydrogens (tertiary/aromatic N) is 1. The molecule has 22 heavy (non-hydrogen) atoms. The maximum Gasteiger partial charge on any atom is 0.238 e. The third-order valence-electron chi connectivity index (χ3n) is 3.01. The van der Waals surface area contributed by atoms with E-state index in [-0.39, 0.29) is 24.9 Å². The third-order valence-corrected chi connectivity index (χ3v) is 3.01. The fourth-order valence-electron chi connectivity index (χ4n) is 1.88. The van der Waals surface area contributed by atoms with Crippen LogP contribution >= 0.6 is 0 Å². The van der Waals surface area contributed by atoms with Crippen LogP contribution in [0.1, 0.15) is 12.0 Å². The Balaban J connectivity index is 2.25. The summed E-state index contributed by atoms with van der Waals surface area (Å²) in [5.41, 5.74) is 1.90. The van der Waals surface area contributed by atoms with Crippen molar-refractivity contribution < 1.29 is 14.3 Å². The molecule has 122 valence electrons. The molecular formula is C16H25N3O3. The Morgan fingerprint density at radius 1 is 1.14 bits per heavy atom. The van der Waals surface area contributed by atoms with Crippen molar-refractivity contribution in [2.75, 3.05) is 45.7 Å². The van der Waals surface area contributed by atoms with Crippen LogP contribution in [0.4, 0.5) is 5.69 Å². The molecule has 1 aromatic carbocycles. The molecule has 0 heterocycles. The normalized spacial score (nSPS) is 10.5. The van der Waals surface area contributed by atoms with Crippen LogP contribution in [0.25, 0.3) is 0 Å². The predicted octanol–water partition coefficient (Wildman–Crippen LogP) is 1.02. The number of methoxy groups -OCH3 is 1. The molecule has 0 fully saturated rings. The van der Waals surface area contributed by atoms with Gasteiger partial charge in [-0.15, -0.1) is 0 Å². The number of likely N-dealkylation sites (N-methyl/N-ethyl adjacent to an activating group) is 1. The summed E-state index contributed by atoms with van der Waals surface area (Å²) in [6.45, 7) is 3.55. The summed E-state index contributed by atoms with van der Waals surface area (Å²) in [5, 5.41) is 5.59. The Hall–Kier alpha value is -1.92. The van der Waals surface area contributed by atoms with Crippen molar-refractivity contribution in [2.24, 2.45) is 0 Å². The molecule has 0 bridgehead atoms. The first kappa shape index (κ1) is 18.1. The molecular weight excluding hydrogens is 282 g/mol. The largest absolute Gasteiger partial charge is 0.385 e. The van der Waals surface area contributed by atoms with E-state index in [1.165, 1.54) is 0 Å². The lowest BCUT2D eigenvalue weighted by molar-refractivity contribution is -0.123. The quantitative estimate of drug-likeness (QED) is 0.668. The monoisotopic (exact) mass is 307 g/mol. The van der Waals surface area contributed by atoms with Crippen molar-refractivity contribution >= 4 is 17.5 Å². The highest BCUT2D eigenvalue weighted by Crippen LogP contribution is 2.08. The van der Waals surface area contributed by atoms with Gasteiger partial charge in [-0.05, 0) is 32.5 Å². The number of carbonyl (C=O) groups excluding carboxylic acids is 2. The van der Waals surface area contributed by atoms with E-state index in [4.69, 9.17) is 4.74 Å². The molecule has 0 radical (unpaired) electrons. The second kappa shape index (κ2) is 9.92. The fourth-order valence-corrected chi connectivity index (χ4v) is 1.88. The molecule has 1 aromatic rings. The van der Waals surface area contributed by atoms with Crippen LogP contribution < -0.4 is 10.6 Å². The summed E-state index contributed by atoms with van der Waals surface area (Å²) in [5.74, 6) is -0.236. The zero-order chi connectivity index (χ0) is 16.4. The second-order valence-corrected chi connectivity index (χ2v) is 5.28. The Morgan fingerprint density at radius 3 is 2.41 bits per heavy atom. The van der Waals surface area contributed by atoms with Gasteiger partial charge in [0.05, 0.1) is 13.1 Å². The van der Waals surface area contributed by atoms with Gasteiger partial charge in [-0.2, -0.15) is 0 Å². The Labute approximate surface area is 131 Å². The SMILES string of the molecule is COCCCNC(=O)CN(C)CC(=O)Nc1ccc(C)cc1. The maximum atomic E-state index is 11.9. The van der Waals surface area contributed by atoms with Crippen LogP contribution in [-0.4, -0.2) is 57.1 Å². The van der Waals surface area contributed by atoms with Crippen LogP contribution in [0.3, 0.4) is 0 Å². The Bertz CT molecular complexity index is 474. The fraction of sp³-hybridized carbons (Fsp3) is 0.500. The van der Waals surface area contributed by atoms with Crippen molar-refractivity contribution in [2.45, 2.75) is 13.3 Å². The standard InChI is InChI=1S/C16H25N3O3/c1-13-5-7-14(8-6-13)18-16(21)12-19(2)11-15(20)17-9-4-10-22-3/h5-8H,4,9-12H2,1-3H3,(H,17,20)(H,18,21). The number of nitrogens with one attached hydrogen (secondary N) is 2. The molecule has 0 aromatic heterocycles. The van der Waals surface area contributed by atoms with Gasteiger partial charge in [0.2, 0.25) is 11.8 Å². The smallest absolute Gasteiger partial charge is 0.238 e. The number of hydrogen-bond donors (Lipinski definition) is 2. The topological polar surface area (TPSA) is 70.7 Å². The van der Waals surface area contributed by atoms with E-state index in [9.17, 15) is 9.59 Å². The molecule has 0 unspecified atom stereocenters. The predicted molar refractivity (Wildman–Crippen MR) is 86.8 cm³/mol. The van der Waals surface area contributed by atoms with Gasteiger partial charge in [-0.3, -0.25) is 14.5 Å². The van der Waals surface area contributed by atoms with Crippen LogP contribution in [0.2, 0.25) is 0 Å². The minimum Gasteiger partial charge on any atom is -0.385 e. The highest BCUT2D eigenvalue weighted by Gasteiger charge is 2.10. The molecule has 1 rings (SSSR count). The molecule has 6 nitrogen and oxygen atoms in total. The average Bonchev–Trinajstić information content (AvgIpc) is 2.46. The lowest BCUT2D eigenvalue weighted by atomic mass is 10.2. The molecule has 0 aliphatic rings. The highest BCUT2D eigenvalue weighted by molar-refractivity contribution is 5.92. The van der Waals surface area contributed by atoms with E-state index >= 15 is 0 Å².